The standard InChI is InChI=1S/C15H23N3O2/c1-11-12(6-5-7-13(11)17(2)3)16-15(19)14-10-18(4)8-9-20-14/h5-7,14H,8-10H2,1-4H3,(H,16,19). The van der Waals surface area contributed by atoms with Gasteiger partial charge < -0.3 is 19.9 Å². The van der Waals surface area contributed by atoms with Crippen molar-refractivity contribution in [3.63, 3.8) is 0 Å². The summed E-state index contributed by atoms with van der Waals surface area (Å²) in [6.45, 7) is 4.13. The fraction of sp³-hybridized carbons (Fsp3) is 0.533. The van der Waals surface area contributed by atoms with Crippen LogP contribution in [-0.4, -0.2) is 57.8 Å². The zero-order chi connectivity index (χ0) is 14.7. The maximum atomic E-state index is 12.3. The van der Waals surface area contributed by atoms with Crippen LogP contribution < -0.4 is 10.2 Å². The van der Waals surface area contributed by atoms with Gasteiger partial charge in [0.15, 0.2) is 0 Å². The molecule has 1 N–H and O–H groups in total. The monoisotopic (exact) mass is 277 g/mol. The highest BCUT2D eigenvalue weighted by Crippen LogP contribution is 2.25. The van der Waals surface area contributed by atoms with E-state index in [0.717, 1.165) is 23.5 Å². The lowest BCUT2D eigenvalue weighted by Gasteiger charge is -2.29. The van der Waals surface area contributed by atoms with Crippen molar-refractivity contribution >= 4 is 17.3 Å². The second-order valence-corrected chi connectivity index (χ2v) is 5.46. The molecule has 0 saturated carbocycles. The molecule has 1 aromatic carbocycles. The molecule has 20 heavy (non-hydrogen) atoms. The van der Waals surface area contributed by atoms with Crippen LogP contribution in [0.1, 0.15) is 5.56 Å². The summed E-state index contributed by atoms with van der Waals surface area (Å²) < 4.78 is 5.54. The van der Waals surface area contributed by atoms with Crippen LogP contribution in [0.15, 0.2) is 18.2 Å². The highest BCUT2D eigenvalue weighted by molar-refractivity contribution is 5.95. The van der Waals surface area contributed by atoms with Gasteiger partial charge in [-0.3, -0.25) is 4.79 Å². The van der Waals surface area contributed by atoms with E-state index in [2.05, 4.69) is 10.2 Å². The van der Waals surface area contributed by atoms with E-state index in [0.29, 0.717) is 13.2 Å². The summed E-state index contributed by atoms with van der Waals surface area (Å²) in [7, 11) is 5.99. The molecule has 0 radical (unpaired) electrons. The maximum Gasteiger partial charge on any atom is 0.254 e. The van der Waals surface area contributed by atoms with Crippen LogP contribution in [0.4, 0.5) is 11.4 Å². The summed E-state index contributed by atoms with van der Waals surface area (Å²) in [6, 6.07) is 5.91. The van der Waals surface area contributed by atoms with Gasteiger partial charge in [-0.15, -0.1) is 0 Å². The topological polar surface area (TPSA) is 44.8 Å². The zero-order valence-electron chi connectivity index (χ0n) is 12.6. The van der Waals surface area contributed by atoms with Crippen LogP contribution in [0.2, 0.25) is 0 Å². The molecule has 1 heterocycles. The highest BCUT2D eigenvalue weighted by atomic mass is 16.5. The molecular formula is C15H23N3O2. The van der Waals surface area contributed by atoms with Gasteiger partial charge in [0.1, 0.15) is 6.10 Å². The van der Waals surface area contributed by atoms with E-state index in [1.807, 2.05) is 51.2 Å². The molecule has 0 aliphatic carbocycles. The number of carbonyl (C=O) groups is 1. The molecule has 0 bridgehead atoms. The second kappa shape index (κ2) is 6.24. The summed E-state index contributed by atoms with van der Waals surface area (Å²) in [5.74, 6) is -0.0736. The van der Waals surface area contributed by atoms with E-state index in [9.17, 15) is 4.79 Å². The molecule has 0 aromatic heterocycles. The van der Waals surface area contributed by atoms with Gasteiger partial charge in [0.05, 0.1) is 6.61 Å². The molecule has 1 amide bonds. The minimum Gasteiger partial charge on any atom is -0.377 e. The van der Waals surface area contributed by atoms with Gasteiger partial charge in [0, 0.05) is 38.6 Å². The number of rotatable bonds is 3. The van der Waals surface area contributed by atoms with Crippen LogP contribution in [0, 0.1) is 6.92 Å². The average molecular weight is 277 g/mol. The molecular weight excluding hydrogens is 254 g/mol. The van der Waals surface area contributed by atoms with Gasteiger partial charge >= 0.3 is 0 Å². The number of hydrogen-bond donors (Lipinski definition) is 1. The van der Waals surface area contributed by atoms with Crippen LogP contribution in [0.3, 0.4) is 0 Å². The summed E-state index contributed by atoms with van der Waals surface area (Å²) in [6.07, 6.45) is -0.392. The Kier molecular flexibility index (Phi) is 4.62. The predicted molar refractivity (Wildman–Crippen MR) is 81.4 cm³/mol. The van der Waals surface area contributed by atoms with Crippen molar-refractivity contribution < 1.29 is 9.53 Å². The van der Waals surface area contributed by atoms with Gasteiger partial charge in [0.25, 0.3) is 5.91 Å². The van der Waals surface area contributed by atoms with Crippen molar-refractivity contribution in [2.75, 3.05) is 51.1 Å². The number of morpholine rings is 1. The Balaban J connectivity index is 2.10. The zero-order valence-corrected chi connectivity index (χ0v) is 12.6. The SMILES string of the molecule is Cc1c(NC(=O)C2CN(C)CCO2)cccc1N(C)C. The first-order valence-electron chi connectivity index (χ1n) is 6.87. The minimum atomic E-state index is -0.392. The third kappa shape index (κ3) is 3.29. The Morgan fingerprint density at radius 2 is 2.20 bits per heavy atom. The number of benzene rings is 1. The first-order chi connectivity index (χ1) is 9.49. The number of hydrogen-bond acceptors (Lipinski definition) is 4. The molecule has 110 valence electrons. The average Bonchev–Trinajstić information content (AvgIpc) is 2.40. The largest absolute Gasteiger partial charge is 0.377 e. The summed E-state index contributed by atoms with van der Waals surface area (Å²) in [4.78, 5) is 16.4. The van der Waals surface area contributed by atoms with Crippen molar-refractivity contribution in [2.24, 2.45) is 0 Å². The van der Waals surface area contributed by atoms with Crippen molar-refractivity contribution in [2.45, 2.75) is 13.0 Å². The molecule has 1 atom stereocenters. The lowest BCUT2D eigenvalue weighted by molar-refractivity contribution is -0.132. The van der Waals surface area contributed by atoms with E-state index in [-0.39, 0.29) is 5.91 Å². The Labute approximate surface area is 120 Å². The molecule has 5 heteroatoms. The summed E-state index contributed by atoms with van der Waals surface area (Å²) >= 11 is 0. The third-order valence-electron chi connectivity index (χ3n) is 3.61. The smallest absolute Gasteiger partial charge is 0.254 e. The van der Waals surface area contributed by atoms with Crippen molar-refractivity contribution in [1.82, 2.24) is 4.90 Å². The van der Waals surface area contributed by atoms with Gasteiger partial charge in [-0.25, -0.2) is 0 Å². The van der Waals surface area contributed by atoms with Gasteiger partial charge in [0.2, 0.25) is 0 Å². The molecule has 5 nitrogen and oxygen atoms in total. The number of anilines is 2. The van der Waals surface area contributed by atoms with Crippen molar-refractivity contribution in [1.29, 1.82) is 0 Å². The highest BCUT2D eigenvalue weighted by Gasteiger charge is 2.25. The minimum absolute atomic E-state index is 0.0736. The molecule has 1 fully saturated rings. The molecule has 2 rings (SSSR count). The first kappa shape index (κ1) is 14.8. The Bertz CT molecular complexity index is 488. The van der Waals surface area contributed by atoms with E-state index >= 15 is 0 Å². The molecule has 1 aliphatic heterocycles. The van der Waals surface area contributed by atoms with Crippen molar-refractivity contribution in [3.8, 4) is 0 Å². The number of carbonyl (C=O) groups excluding carboxylic acids is 1. The quantitative estimate of drug-likeness (QED) is 0.905. The van der Waals surface area contributed by atoms with E-state index in [1.165, 1.54) is 0 Å². The fourth-order valence-corrected chi connectivity index (χ4v) is 2.39. The summed E-state index contributed by atoms with van der Waals surface area (Å²) in [5, 5.41) is 2.98. The number of nitrogens with zero attached hydrogens (tertiary/aromatic N) is 2. The van der Waals surface area contributed by atoms with Gasteiger partial charge in [-0.05, 0) is 31.7 Å². The second-order valence-electron chi connectivity index (χ2n) is 5.46. The lowest BCUT2D eigenvalue weighted by Crippen LogP contribution is -2.46. The third-order valence-corrected chi connectivity index (χ3v) is 3.61. The molecule has 1 unspecified atom stereocenters. The molecule has 1 aliphatic rings. The Hall–Kier alpha value is -1.59. The number of ether oxygens (including phenoxy) is 1. The molecule has 1 aromatic rings. The molecule has 1 saturated heterocycles. The number of nitrogens with one attached hydrogen (secondary N) is 1. The summed E-state index contributed by atoms with van der Waals surface area (Å²) in [5.41, 5.74) is 3.01. The van der Waals surface area contributed by atoms with Gasteiger partial charge in [-0.1, -0.05) is 6.07 Å². The van der Waals surface area contributed by atoms with E-state index in [1.54, 1.807) is 0 Å². The first-order valence-corrected chi connectivity index (χ1v) is 6.87. The van der Waals surface area contributed by atoms with Crippen LogP contribution in [0.5, 0.6) is 0 Å². The number of amides is 1. The van der Waals surface area contributed by atoms with Crippen molar-refractivity contribution in [3.05, 3.63) is 23.8 Å². The lowest BCUT2D eigenvalue weighted by atomic mass is 10.1. The normalized spacial score (nSPS) is 19.7. The van der Waals surface area contributed by atoms with Gasteiger partial charge in [-0.2, -0.15) is 0 Å². The van der Waals surface area contributed by atoms with Crippen LogP contribution in [0.25, 0.3) is 0 Å². The van der Waals surface area contributed by atoms with Crippen LogP contribution in [-0.2, 0) is 9.53 Å². The number of likely N-dealkylation sites (N-methyl/N-ethyl adjacent to an activating group) is 1. The van der Waals surface area contributed by atoms with E-state index in [4.69, 9.17) is 4.74 Å². The predicted octanol–water partition coefficient (Wildman–Crippen LogP) is 1.33. The Morgan fingerprint density at radius 1 is 1.45 bits per heavy atom. The maximum absolute atomic E-state index is 12.3. The van der Waals surface area contributed by atoms with Crippen LogP contribution >= 0.6 is 0 Å². The molecule has 0 spiro atoms. The Morgan fingerprint density at radius 3 is 2.85 bits per heavy atom. The van der Waals surface area contributed by atoms with E-state index < -0.39 is 6.10 Å². The fourth-order valence-electron chi connectivity index (χ4n) is 2.39.